The van der Waals surface area contributed by atoms with Crippen molar-refractivity contribution in [2.24, 2.45) is 23.2 Å². The number of allylic oxidation sites excluding steroid dienone is 3. The van der Waals surface area contributed by atoms with Crippen LogP contribution in [-0.2, 0) is 4.79 Å². The van der Waals surface area contributed by atoms with E-state index in [4.69, 9.17) is 0 Å². The van der Waals surface area contributed by atoms with Crippen molar-refractivity contribution in [2.45, 2.75) is 47.0 Å². The van der Waals surface area contributed by atoms with Gasteiger partial charge in [0.15, 0.2) is 0 Å². The molecule has 2 aliphatic rings. The number of hydrogen-bond donors (Lipinski definition) is 1. The van der Waals surface area contributed by atoms with E-state index in [9.17, 15) is 4.79 Å². The maximum absolute atomic E-state index is 11.6. The first-order chi connectivity index (χ1) is 8.92. The predicted molar refractivity (Wildman–Crippen MR) is 79.7 cm³/mol. The molecule has 0 aromatic rings. The van der Waals surface area contributed by atoms with Crippen LogP contribution in [0.1, 0.15) is 47.0 Å². The fourth-order valence-corrected chi connectivity index (χ4v) is 3.50. The number of hydrogen-bond acceptors (Lipinski definition) is 1. The predicted octanol–water partition coefficient (Wildman–Crippen LogP) is 3.70. The number of amides is 1. The molecule has 0 aliphatic heterocycles. The van der Waals surface area contributed by atoms with Gasteiger partial charge in [0.1, 0.15) is 0 Å². The molecule has 0 saturated heterocycles. The molecular formula is C17H27NO. The SMILES string of the molecule is C/C(=C\CNC(=O)C1CC1)C1C(C)C=CCC1(C)C. The molecule has 0 aromatic carbocycles. The Morgan fingerprint density at radius 1 is 1.42 bits per heavy atom. The molecule has 2 unspecified atom stereocenters. The Bertz CT molecular complexity index is 401. The lowest BCUT2D eigenvalue weighted by atomic mass is 9.64. The molecule has 2 atom stereocenters. The van der Waals surface area contributed by atoms with Crippen molar-refractivity contribution in [3.05, 3.63) is 23.8 Å². The van der Waals surface area contributed by atoms with E-state index in [1.807, 2.05) is 0 Å². The topological polar surface area (TPSA) is 29.1 Å². The minimum Gasteiger partial charge on any atom is -0.352 e. The van der Waals surface area contributed by atoms with Crippen LogP contribution in [0.25, 0.3) is 0 Å². The van der Waals surface area contributed by atoms with Crippen molar-refractivity contribution >= 4 is 5.91 Å². The van der Waals surface area contributed by atoms with Crippen LogP contribution in [0.2, 0.25) is 0 Å². The first-order valence-electron chi connectivity index (χ1n) is 7.53. The van der Waals surface area contributed by atoms with Crippen LogP contribution in [0, 0.1) is 23.2 Å². The van der Waals surface area contributed by atoms with Crippen LogP contribution in [0.4, 0.5) is 0 Å². The highest BCUT2D eigenvalue weighted by atomic mass is 16.2. The Morgan fingerprint density at radius 3 is 2.68 bits per heavy atom. The molecular weight excluding hydrogens is 234 g/mol. The maximum atomic E-state index is 11.6. The van der Waals surface area contributed by atoms with Gasteiger partial charge in [-0.3, -0.25) is 4.79 Å². The third-order valence-corrected chi connectivity index (χ3v) is 4.59. The normalized spacial score (nSPS) is 30.2. The maximum Gasteiger partial charge on any atom is 0.223 e. The second-order valence-electron chi connectivity index (χ2n) is 6.93. The molecule has 2 heteroatoms. The monoisotopic (exact) mass is 261 g/mol. The van der Waals surface area contributed by atoms with Crippen molar-refractivity contribution in [2.75, 3.05) is 6.54 Å². The molecule has 1 fully saturated rings. The standard InChI is InChI=1S/C17H27NO/c1-12-6-5-10-17(3,4)15(12)13(2)9-11-18-16(19)14-7-8-14/h5-6,9,12,14-15H,7-8,10-11H2,1-4H3,(H,18,19)/b13-9+. The van der Waals surface area contributed by atoms with Crippen LogP contribution < -0.4 is 5.32 Å². The molecule has 0 aromatic heterocycles. The molecule has 1 N–H and O–H groups in total. The summed E-state index contributed by atoms with van der Waals surface area (Å²) in [6, 6.07) is 0. The van der Waals surface area contributed by atoms with E-state index < -0.39 is 0 Å². The highest BCUT2D eigenvalue weighted by Crippen LogP contribution is 2.44. The fraction of sp³-hybridized carbons (Fsp3) is 0.706. The lowest BCUT2D eigenvalue weighted by Crippen LogP contribution is -2.32. The van der Waals surface area contributed by atoms with Crippen molar-refractivity contribution in [3.63, 3.8) is 0 Å². The Labute approximate surface area is 117 Å². The van der Waals surface area contributed by atoms with Crippen molar-refractivity contribution in [1.29, 1.82) is 0 Å². The minimum atomic E-state index is 0.236. The summed E-state index contributed by atoms with van der Waals surface area (Å²) in [6.45, 7) is 9.88. The Morgan fingerprint density at radius 2 is 2.11 bits per heavy atom. The summed E-state index contributed by atoms with van der Waals surface area (Å²) in [5.41, 5.74) is 1.73. The molecule has 0 radical (unpaired) electrons. The quantitative estimate of drug-likeness (QED) is 0.768. The van der Waals surface area contributed by atoms with Gasteiger partial charge in [0.2, 0.25) is 5.91 Å². The Balaban J connectivity index is 1.94. The van der Waals surface area contributed by atoms with E-state index in [1.165, 1.54) is 5.57 Å². The van der Waals surface area contributed by atoms with Crippen LogP contribution >= 0.6 is 0 Å². The zero-order valence-corrected chi connectivity index (χ0v) is 12.7. The van der Waals surface area contributed by atoms with Gasteiger partial charge in [-0.05, 0) is 43.4 Å². The summed E-state index contributed by atoms with van der Waals surface area (Å²) < 4.78 is 0. The van der Waals surface area contributed by atoms with Crippen LogP contribution in [0.5, 0.6) is 0 Å². The second kappa shape index (κ2) is 5.52. The highest BCUT2D eigenvalue weighted by Gasteiger charge is 2.35. The molecule has 2 nitrogen and oxygen atoms in total. The van der Waals surface area contributed by atoms with E-state index in [-0.39, 0.29) is 5.91 Å². The summed E-state index contributed by atoms with van der Waals surface area (Å²) >= 11 is 0. The Hall–Kier alpha value is -1.05. The first-order valence-corrected chi connectivity index (χ1v) is 7.53. The van der Waals surface area contributed by atoms with E-state index in [0.29, 0.717) is 29.7 Å². The van der Waals surface area contributed by atoms with Gasteiger partial charge in [-0.1, -0.05) is 44.6 Å². The number of nitrogens with one attached hydrogen (secondary N) is 1. The van der Waals surface area contributed by atoms with Crippen molar-refractivity contribution < 1.29 is 4.79 Å². The zero-order chi connectivity index (χ0) is 14.0. The van der Waals surface area contributed by atoms with Gasteiger partial charge in [-0.25, -0.2) is 0 Å². The average Bonchev–Trinajstić information content (AvgIpc) is 3.10. The molecule has 1 saturated carbocycles. The van der Waals surface area contributed by atoms with Gasteiger partial charge in [0.05, 0.1) is 0 Å². The van der Waals surface area contributed by atoms with E-state index in [1.54, 1.807) is 0 Å². The van der Waals surface area contributed by atoms with Crippen LogP contribution in [-0.4, -0.2) is 12.5 Å². The second-order valence-corrected chi connectivity index (χ2v) is 6.93. The molecule has 106 valence electrons. The summed E-state index contributed by atoms with van der Waals surface area (Å²) in [5, 5.41) is 3.02. The van der Waals surface area contributed by atoms with Gasteiger partial charge in [0.25, 0.3) is 0 Å². The lowest BCUT2D eigenvalue weighted by Gasteiger charge is -2.40. The van der Waals surface area contributed by atoms with Gasteiger partial charge in [0, 0.05) is 12.5 Å². The molecule has 0 spiro atoms. The summed E-state index contributed by atoms with van der Waals surface area (Å²) in [5.74, 6) is 1.70. The molecule has 2 aliphatic carbocycles. The van der Waals surface area contributed by atoms with E-state index >= 15 is 0 Å². The van der Waals surface area contributed by atoms with Gasteiger partial charge >= 0.3 is 0 Å². The first kappa shape index (κ1) is 14.4. The average molecular weight is 261 g/mol. The lowest BCUT2D eigenvalue weighted by molar-refractivity contribution is -0.122. The molecule has 2 rings (SSSR count). The molecule has 0 heterocycles. The molecule has 1 amide bonds. The third kappa shape index (κ3) is 3.49. The smallest absolute Gasteiger partial charge is 0.223 e. The van der Waals surface area contributed by atoms with Gasteiger partial charge in [-0.15, -0.1) is 0 Å². The molecule has 0 bridgehead atoms. The minimum absolute atomic E-state index is 0.236. The van der Waals surface area contributed by atoms with E-state index in [0.717, 1.165) is 19.3 Å². The number of carbonyl (C=O) groups is 1. The Kier molecular flexibility index (Phi) is 4.17. The highest BCUT2D eigenvalue weighted by molar-refractivity contribution is 5.80. The van der Waals surface area contributed by atoms with Crippen LogP contribution in [0.3, 0.4) is 0 Å². The summed E-state index contributed by atoms with van der Waals surface area (Å²) in [7, 11) is 0. The van der Waals surface area contributed by atoms with Gasteiger partial charge in [-0.2, -0.15) is 0 Å². The number of carbonyl (C=O) groups excluding carboxylic acids is 1. The van der Waals surface area contributed by atoms with Crippen molar-refractivity contribution in [1.82, 2.24) is 5.32 Å². The number of rotatable bonds is 4. The van der Waals surface area contributed by atoms with Crippen molar-refractivity contribution in [3.8, 4) is 0 Å². The van der Waals surface area contributed by atoms with Crippen LogP contribution in [0.15, 0.2) is 23.8 Å². The zero-order valence-electron chi connectivity index (χ0n) is 12.7. The summed E-state index contributed by atoms with van der Waals surface area (Å²) in [6.07, 6.45) is 10.1. The fourth-order valence-electron chi connectivity index (χ4n) is 3.50. The third-order valence-electron chi connectivity index (χ3n) is 4.59. The molecule has 19 heavy (non-hydrogen) atoms. The summed E-state index contributed by atoms with van der Waals surface area (Å²) in [4.78, 5) is 11.6. The van der Waals surface area contributed by atoms with Gasteiger partial charge < -0.3 is 5.32 Å². The van der Waals surface area contributed by atoms with E-state index in [2.05, 4.69) is 51.2 Å². The largest absolute Gasteiger partial charge is 0.352 e.